The Labute approximate surface area is 146 Å². The van der Waals surface area contributed by atoms with Crippen molar-refractivity contribution in [1.82, 2.24) is 0 Å². The first-order chi connectivity index (χ1) is 12.2. The van der Waals surface area contributed by atoms with Crippen LogP contribution in [0, 0.1) is 11.7 Å². The van der Waals surface area contributed by atoms with Crippen LogP contribution in [-0.2, 0) is 15.8 Å². The summed E-state index contributed by atoms with van der Waals surface area (Å²) in [5, 5.41) is 2.57. The van der Waals surface area contributed by atoms with Crippen LogP contribution in [-0.4, -0.2) is 18.4 Å². The quantitative estimate of drug-likeness (QED) is 0.840. The third-order valence-corrected chi connectivity index (χ3v) is 4.09. The molecule has 0 radical (unpaired) electrons. The van der Waals surface area contributed by atoms with Crippen LogP contribution >= 0.6 is 0 Å². The number of carbonyl (C=O) groups is 2. The molecule has 0 bridgehead atoms. The van der Waals surface area contributed by atoms with E-state index in [-0.39, 0.29) is 18.7 Å². The molecule has 0 spiro atoms. The van der Waals surface area contributed by atoms with E-state index >= 15 is 0 Å². The molecule has 136 valence electrons. The Morgan fingerprint density at radius 1 is 1.12 bits per heavy atom. The summed E-state index contributed by atoms with van der Waals surface area (Å²) in [4.78, 5) is 25.6. The molecular formula is C18H14F4N2O2. The van der Waals surface area contributed by atoms with Gasteiger partial charge in [-0.15, -0.1) is 0 Å². The number of nitrogens with zero attached hydrogens (tertiary/aromatic N) is 1. The zero-order valence-electron chi connectivity index (χ0n) is 13.4. The highest BCUT2D eigenvalue weighted by molar-refractivity contribution is 6.03. The SMILES string of the molecule is O=C(Nc1ccc(F)cc1)C1CC(=O)N(c2cccc(C(F)(F)F)c2)C1. The predicted octanol–water partition coefficient (Wildman–Crippen LogP) is 3.84. The lowest BCUT2D eigenvalue weighted by Crippen LogP contribution is -2.28. The minimum Gasteiger partial charge on any atom is -0.326 e. The number of hydrogen-bond acceptors (Lipinski definition) is 2. The average molecular weight is 366 g/mol. The van der Waals surface area contributed by atoms with E-state index in [1.807, 2.05) is 0 Å². The van der Waals surface area contributed by atoms with Crippen LogP contribution in [0.5, 0.6) is 0 Å². The van der Waals surface area contributed by atoms with Crippen molar-refractivity contribution in [3.05, 3.63) is 59.9 Å². The summed E-state index contributed by atoms with van der Waals surface area (Å²) in [7, 11) is 0. The number of rotatable bonds is 3. The van der Waals surface area contributed by atoms with Gasteiger partial charge in [0, 0.05) is 24.3 Å². The molecule has 4 nitrogen and oxygen atoms in total. The summed E-state index contributed by atoms with van der Waals surface area (Å²) in [5.41, 5.74) is -0.384. The fourth-order valence-corrected chi connectivity index (χ4v) is 2.76. The number of carbonyl (C=O) groups excluding carboxylic acids is 2. The van der Waals surface area contributed by atoms with Crippen LogP contribution in [0.1, 0.15) is 12.0 Å². The van der Waals surface area contributed by atoms with Crippen LogP contribution in [0.3, 0.4) is 0 Å². The molecule has 0 aliphatic carbocycles. The Hall–Kier alpha value is -2.90. The third-order valence-electron chi connectivity index (χ3n) is 4.09. The number of alkyl halides is 3. The van der Waals surface area contributed by atoms with Crippen LogP contribution in [0.2, 0.25) is 0 Å². The molecule has 2 aromatic rings. The van der Waals surface area contributed by atoms with Crippen LogP contribution in [0.25, 0.3) is 0 Å². The van der Waals surface area contributed by atoms with E-state index in [0.717, 1.165) is 12.1 Å². The lowest BCUT2D eigenvalue weighted by atomic mass is 10.1. The maximum Gasteiger partial charge on any atom is 0.416 e. The normalized spacial score (nSPS) is 17.5. The van der Waals surface area contributed by atoms with Gasteiger partial charge in [0.25, 0.3) is 0 Å². The van der Waals surface area contributed by atoms with Crippen molar-refractivity contribution in [2.75, 3.05) is 16.8 Å². The smallest absolute Gasteiger partial charge is 0.326 e. The van der Waals surface area contributed by atoms with E-state index in [2.05, 4.69) is 5.32 Å². The number of halogens is 4. The second kappa shape index (κ2) is 6.78. The average Bonchev–Trinajstić information content (AvgIpc) is 2.98. The highest BCUT2D eigenvalue weighted by Crippen LogP contribution is 2.33. The van der Waals surface area contributed by atoms with E-state index in [0.29, 0.717) is 5.69 Å². The molecular weight excluding hydrogens is 352 g/mol. The fourth-order valence-electron chi connectivity index (χ4n) is 2.76. The lowest BCUT2D eigenvalue weighted by Gasteiger charge is -2.18. The Morgan fingerprint density at radius 2 is 1.81 bits per heavy atom. The molecule has 0 aromatic heterocycles. The summed E-state index contributed by atoms with van der Waals surface area (Å²) in [6.45, 7) is -0.0207. The lowest BCUT2D eigenvalue weighted by molar-refractivity contribution is -0.137. The van der Waals surface area contributed by atoms with Crippen molar-refractivity contribution < 1.29 is 27.2 Å². The number of benzene rings is 2. The largest absolute Gasteiger partial charge is 0.416 e. The molecule has 1 saturated heterocycles. The molecule has 1 aliphatic rings. The molecule has 1 unspecified atom stereocenters. The highest BCUT2D eigenvalue weighted by atomic mass is 19.4. The molecule has 26 heavy (non-hydrogen) atoms. The molecule has 1 aliphatic heterocycles. The van der Waals surface area contributed by atoms with E-state index in [4.69, 9.17) is 0 Å². The standard InChI is InChI=1S/C18H14F4N2O2/c19-13-4-6-14(7-5-13)23-17(26)11-8-16(25)24(10-11)15-3-1-2-12(9-15)18(20,21)22/h1-7,9,11H,8,10H2,(H,23,26). The van der Waals surface area contributed by atoms with Crippen molar-refractivity contribution in [3.8, 4) is 0 Å². The van der Waals surface area contributed by atoms with Gasteiger partial charge in [0.1, 0.15) is 5.82 Å². The van der Waals surface area contributed by atoms with Crippen molar-refractivity contribution in [1.29, 1.82) is 0 Å². The summed E-state index contributed by atoms with van der Waals surface area (Å²) in [6.07, 6.45) is -4.62. The highest BCUT2D eigenvalue weighted by Gasteiger charge is 2.36. The van der Waals surface area contributed by atoms with Crippen molar-refractivity contribution in [3.63, 3.8) is 0 Å². The number of nitrogens with one attached hydrogen (secondary N) is 1. The minimum absolute atomic E-state index is 0.0207. The van der Waals surface area contributed by atoms with Gasteiger partial charge in [0.2, 0.25) is 11.8 Å². The molecule has 1 heterocycles. The summed E-state index contributed by atoms with van der Waals surface area (Å²) >= 11 is 0. The molecule has 1 N–H and O–H groups in total. The zero-order valence-corrected chi connectivity index (χ0v) is 13.4. The topological polar surface area (TPSA) is 49.4 Å². The predicted molar refractivity (Wildman–Crippen MR) is 86.9 cm³/mol. The third kappa shape index (κ3) is 3.84. The molecule has 0 saturated carbocycles. The maximum absolute atomic E-state index is 12.9. The molecule has 2 aromatic carbocycles. The molecule has 1 atom stereocenters. The van der Waals surface area contributed by atoms with Crippen molar-refractivity contribution >= 4 is 23.2 Å². The molecule has 3 rings (SSSR count). The van der Waals surface area contributed by atoms with E-state index in [1.54, 1.807) is 0 Å². The van der Waals surface area contributed by atoms with Gasteiger partial charge in [-0.05, 0) is 42.5 Å². The first-order valence-electron chi connectivity index (χ1n) is 7.78. The second-order valence-corrected chi connectivity index (χ2v) is 5.95. The van der Waals surface area contributed by atoms with Gasteiger partial charge in [0.15, 0.2) is 0 Å². The maximum atomic E-state index is 12.9. The Bertz CT molecular complexity index is 834. The minimum atomic E-state index is -4.52. The second-order valence-electron chi connectivity index (χ2n) is 5.95. The van der Waals surface area contributed by atoms with Crippen LogP contribution in [0.15, 0.2) is 48.5 Å². The van der Waals surface area contributed by atoms with E-state index in [1.165, 1.54) is 41.3 Å². The van der Waals surface area contributed by atoms with Gasteiger partial charge in [0.05, 0.1) is 11.5 Å². The summed E-state index contributed by atoms with van der Waals surface area (Å²) in [6, 6.07) is 9.56. The van der Waals surface area contributed by atoms with Crippen molar-refractivity contribution in [2.24, 2.45) is 5.92 Å². The van der Waals surface area contributed by atoms with Crippen LogP contribution in [0.4, 0.5) is 28.9 Å². The van der Waals surface area contributed by atoms with E-state index in [9.17, 15) is 27.2 Å². The number of anilines is 2. The van der Waals surface area contributed by atoms with Gasteiger partial charge < -0.3 is 10.2 Å². The van der Waals surface area contributed by atoms with Crippen molar-refractivity contribution in [2.45, 2.75) is 12.6 Å². The van der Waals surface area contributed by atoms with Gasteiger partial charge in [-0.25, -0.2) is 4.39 Å². The summed E-state index contributed by atoms with van der Waals surface area (Å²) < 4.78 is 51.4. The zero-order chi connectivity index (χ0) is 18.9. The first kappa shape index (κ1) is 17.9. The van der Waals surface area contributed by atoms with Crippen LogP contribution < -0.4 is 10.2 Å². The molecule has 2 amide bonds. The number of amides is 2. The van der Waals surface area contributed by atoms with Gasteiger partial charge in [-0.3, -0.25) is 9.59 Å². The van der Waals surface area contributed by atoms with Gasteiger partial charge >= 0.3 is 6.18 Å². The monoisotopic (exact) mass is 366 g/mol. The van der Waals surface area contributed by atoms with Gasteiger partial charge in [-0.2, -0.15) is 13.2 Å². The Morgan fingerprint density at radius 3 is 2.46 bits per heavy atom. The first-order valence-corrected chi connectivity index (χ1v) is 7.78. The summed E-state index contributed by atoms with van der Waals surface area (Å²) in [5.74, 6) is -2.03. The number of hydrogen-bond donors (Lipinski definition) is 1. The Kier molecular flexibility index (Phi) is 4.67. The van der Waals surface area contributed by atoms with Gasteiger partial charge in [-0.1, -0.05) is 6.07 Å². The molecule has 8 heteroatoms. The molecule has 1 fully saturated rings. The Balaban J connectivity index is 1.72. The van der Waals surface area contributed by atoms with E-state index < -0.39 is 35.3 Å². The fraction of sp³-hybridized carbons (Fsp3) is 0.222.